The summed E-state index contributed by atoms with van der Waals surface area (Å²) in [7, 11) is 0. The lowest BCUT2D eigenvalue weighted by molar-refractivity contribution is 0.0180. The maximum Gasteiger partial charge on any atom is 0.437 e. The smallest absolute Gasteiger partial charge is 0.437 e. The maximum atomic E-state index is 12.3. The first-order valence-electron chi connectivity index (χ1n) is 10.00. The van der Waals surface area contributed by atoms with Gasteiger partial charge in [-0.3, -0.25) is 5.32 Å². The Morgan fingerprint density at radius 3 is 1.57 bits per heavy atom. The zero-order chi connectivity index (χ0) is 23.3. The highest BCUT2D eigenvalue weighted by Gasteiger charge is 2.29. The van der Waals surface area contributed by atoms with Gasteiger partial charge in [0.25, 0.3) is 0 Å². The van der Waals surface area contributed by atoms with Gasteiger partial charge in [0, 0.05) is 26.2 Å². The number of ether oxygens (including phenoxy) is 3. The molecular weight excluding hydrogens is 392 g/mol. The van der Waals surface area contributed by atoms with Crippen LogP contribution in [-0.4, -0.2) is 77.0 Å². The van der Waals surface area contributed by atoms with Crippen molar-refractivity contribution in [1.29, 1.82) is 0 Å². The average molecular weight is 429 g/mol. The second-order valence-electron chi connectivity index (χ2n) is 10.00. The van der Waals surface area contributed by atoms with Crippen LogP contribution in [0.5, 0.6) is 0 Å². The van der Waals surface area contributed by atoms with Crippen LogP contribution in [0.15, 0.2) is 4.99 Å². The number of carbonyl (C=O) groups is 3. The van der Waals surface area contributed by atoms with Crippen molar-refractivity contribution in [1.82, 2.24) is 15.1 Å². The van der Waals surface area contributed by atoms with Crippen LogP contribution >= 0.6 is 0 Å². The van der Waals surface area contributed by atoms with Crippen LogP contribution in [0.4, 0.5) is 14.4 Å². The number of nitrogens with one attached hydrogen (secondary N) is 1. The fourth-order valence-electron chi connectivity index (χ4n) is 2.37. The van der Waals surface area contributed by atoms with E-state index in [0.717, 1.165) is 0 Å². The summed E-state index contributed by atoms with van der Waals surface area (Å²) >= 11 is 0. The molecule has 10 nitrogen and oxygen atoms in total. The fourth-order valence-corrected chi connectivity index (χ4v) is 2.37. The van der Waals surface area contributed by atoms with Crippen molar-refractivity contribution < 1.29 is 28.6 Å². The Balaban J connectivity index is 2.89. The Kier molecular flexibility index (Phi) is 8.10. The number of amides is 3. The van der Waals surface area contributed by atoms with Gasteiger partial charge in [-0.1, -0.05) is 0 Å². The number of hydrogen-bond acceptors (Lipinski definition) is 6. The summed E-state index contributed by atoms with van der Waals surface area (Å²) in [6, 6.07) is 0. The van der Waals surface area contributed by atoms with E-state index in [1.54, 1.807) is 72.1 Å². The summed E-state index contributed by atoms with van der Waals surface area (Å²) < 4.78 is 15.9. The fraction of sp³-hybridized carbons (Fsp3) is 0.800. The van der Waals surface area contributed by atoms with Gasteiger partial charge in [0.1, 0.15) is 16.8 Å². The van der Waals surface area contributed by atoms with Crippen molar-refractivity contribution in [2.24, 2.45) is 4.99 Å². The minimum Gasteiger partial charge on any atom is -0.444 e. The van der Waals surface area contributed by atoms with Crippen LogP contribution in [0.25, 0.3) is 0 Å². The molecular formula is C20H36N4O6. The van der Waals surface area contributed by atoms with E-state index in [9.17, 15) is 14.4 Å². The normalized spacial score (nSPS) is 16.1. The summed E-state index contributed by atoms with van der Waals surface area (Å²) in [6.45, 7) is 17.2. The third-order valence-corrected chi connectivity index (χ3v) is 3.43. The van der Waals surface area contributed by atoms with Crippen molar-refractivity contribution in [3.05, 3.63) is 0 Å². The molecule has 0 radical (unpaired) electrons. The molecule has 0 bridgehead atoms. The van der Waals surface area contributed by atoms with Crippen molar-refractivity contribution in [2.75, 3.05) is 26.2 Å². The first-order chi connectivity index (χ1) is 13.5. The lowest BCUT2D eigenvalue weighted by Gasteiger charge is -2.36. The number of piperazine rings is 1. The molecule has 0 spiro atoms. The van der Waals surface area contributed by atoms with E-state index in [2.05, 4.69) is 10.3 Å². The van der Waals surface area contributed by atoms with E-state index in [0.29, 0.717) is 26.2 Å². The molecule has 1 rings (SSSR count). The number of alkyl carbamates (subject to hydrolysis) is 1. The van der Waals surface area contributed by atoms with Crippen LogP contribution in [0.3, 0.4) is 0 Å². The van der Waals surface area contributed by atoms with E-state index in [4.69, 9.17) is 14.2 Å². The van der Waals surface area contributed by atoms with Crippen LogP contribution in [-0.2, 0) is 14.2 Å². The first kappa shape index (κ1) is 25.5. The van der Waals surface area contributed by atoms with Gasteiger partial charge >= 0.3 is 18.3 Å². The van der Waals surface area contributed by atoms with Gasteiger partial charge in [-0.15, -0.1) is 4.99 Å². The molecule has 0 aromatic heterocycles. The molecule has 1 aliphatic rings. The highest BCUT2D eigenvalue weighted by molar-refractivity contribution is 5.99. The molecule has 1 fully saturated rings. The minimum absolute atomic E-state index is 0.0161. The molecule has 1 aliphatic heterocycles. The second-order valence-corrected chi connectivity index (χ2v) is 10.00. The lowest BCUT2D eigenvalue weighted by Crippen LogP contribution is -2.55. The Hall–Kier alpha value is -2.52. The zero-order valence-electron chi connectivity index (χ0n) is 19.6. The summed E-state index contributed by atoms with van der Waals surface area (Å²) in [5.41, 5.74) is -2.03. The molecule has 0 atom stereocenters. The summed E-state index contributed by atoms with van der Waals surface area (Å²) in [4.78, 5) is 43.9. The molecule has 0 saturated carbocycles. The minimum atomic E-state index is -0.830. The third-order valence-electron chi connectivity index (χ3n) is 3.43. The standard InChI is InChI=1S/C20H36N4O6/c1-18(2,3)28-15(25)21-14(22-16(26)29-19(4,5)6)23-10-12-24(13-11-23)17(27)30-20(7,8)9/h10-13H2,1-9H3,(H,21,22,25,26). The molecule has 10 heteroatoms. The van der Waals surface area contributed by atoms with E-state index in [1.807, 2.05) is 0 Å². The Morgan fingerprint density at radius 1 is 0.700 bits per heavy atom. The molecule has 0 aromatic rings. The quantitative estimate of drug-likeness (QED) is 0.358. The van der Waals surface area contributed by atoms with E-state index < -0.39 is 35.1 Å². The summed E-state index contributed by atoms with van der Waals surface area (Å²) in [6.07, 6.45) is -1.98. The largest absolute Gasteiger partial charge is 0.444 e. The molecule has 3 amide bonds. The van der Waals surface area contributed by atoms with Crippen LogP contribution in [0, 0.1) is 0 Å². The summed E-state index contributed by atoms with van der Waals surface area (Å²) in [5, 5.41) is 2.52. The van der Waals surface area contributed by atoms with Crippen LogP contribution in [0.2, 0.25) is 0 Å². The predicted molar refractivity (Wildman–Crippen MR) is 112 cm³/mol. The highest BCUT2D eigenvalue weighted by Crippen LogP contribution is 2.13. The number of carbonyl (C=O) groups excluding carboxylic acids is 3. The molecule has 0 aliphatic carbocycles. The average Bonchev–Trinajstić information content (AvgIpc) is 2.49. The Morgan fingerprint density at radius 2 is 1.13 bits per heavy atom. The van der Waals surface area contributed by atoms with E-state index in [1.165, 1.54) is 0 Å². The van der Waals surface area contributed by atoms with Crippen LogP contribution < -0.4 is 5.32 Å². The molecule has 172 valence electrons. The third kappa shape index (κ3) is 10.3. The predicted octanol–water partition coefficient (Wildman–Crippen LogP) is 3.35. The van der Waals surface area contributed by atoms with Crippen molar-refractivity contribution in [3.63, 3.8) is 0 Å². The monoisotopic (exact) mass is 428 g/mol. The lowest BCUT2D eigenvalue weighted by atomic mass is 10.2. The molecule has 0 aromatic carbocycles. The number of rotatable bonds is 0. The van der Waals surface area contributed by atoms with Gasteiger partial charge in [0.15, 0.2) is 0 Å². The zero-order valence-corrected chi connectivity index (χ0v) is 19.6. The Labute approximate surface area is 178 Å². The number of aliphatic imine (C=N–C) groups is 1. The second kappa shape index (κ2) is 9.53. The first-order valence-corrected chi connectivity index (χ1v) is 10.00. The van der Waals surface area contributed by atoms with Crippen molar-refractivity contribution >= 4 is 24.2 Å². The Bertz CT molecular complexity index is 662. The van der Waals surface area contributed by atoms with Crippen molar-refractivity contribution in [2.45, 2.75) is 79.1 Å². The van der Waals surface area contributed by atoms with E-state index >= 15 is 0 Å². The number of hydrogen-bond donors (Lipinski definition) is 1. The van der Waals surface area contributed by atoms with E-state index in [-0.39, 0.29) is 5.96 Å². The highest BCUT2D eigenvalue weighted by atomic mass is 16.6. The molecule has 30 heavy (non-hydrogen) atoms. The molecule has 1 saturated heterocycles. The number of nitrogens with zero attached hydrogens (tertiary/aromatic N) is 3. The molecule has 0 unspecified atom stereocenters. The van der Waals surface area contributed by atoms with Gasteiger partial charge < -0.3 is 24.0 Å². The maximum absolute atomic E-state index is 12.3. The van der Waals surface area contributed by atoms with Crippen molar-refractivity contribution in [3.8, 4) is 0 Å². The van der Waals surface area contributed by atoms with Gasteiger partial charge in [-0.05, 0) is 62.3 Å². The number of guanidine groups is 1. The van der Waals surface area contributed by atoms with Gasteiger partial charge in [0.2, 0.25) is 5.96 Å². The SMILES string of the molecule is CC(C)(C)OC(=O)/N=C(\NC(=O)OC(C)(C)C)N1CCN(C(=O)OC(C)(C)C)CC1. The molecule has 1 heterocycles. The topological polar surface area (TPSA) is 110 Å². The van der Waals surface area contributed by atoms with Gasteiger partial charge in [-0.25, -0.2) is 14.4 Å². The van der Waals surface area contributed by atoms with Crippen LogP contribution in [0.1, 0.15) is 62.3 Å². The van der Waals surface area contributed by atoms with Gasteiger partial charge in [0.05, 0.1) is 0 Å². The summed E-state index contributed by atoms with van der Waals surface area (Å²) in [5.74, 6) is 0.0161. The molecule has 1 N–H and O–H groups in total. The van der Waals surface area contributed by atoms with Gasteiger partial charge in [-0.2, -0.15) is 0 Å².